The fourth-order valence-electron chi connectivity index (χ4n) is 0. The van der Waals surface area contributed by atoms with Crippen LogP contribution in [0.4, 0.5) is 9.05 Å². The molecule has 1 radical (unpaired) electrons. The fourth-order valence-corrected chi connectivity index (χ4v) is 0. The molecule has 6 heteroatoms. The summed E-state index contributed by atoms with van der Waals surface area (Å²) in [6, 6.07) is 0. The van der Waals surface area contributed by atoms with Crippen LogP contribution in [0.3, 0.4) is 0 Å². The zero-order valence-electron chi connectivity index (χ0n) is 2.24. The van der Waals surface area contributed by atoms with E-state index in [0.29, 0.717) is 0 Å². The van der Waals surface area contributed by atoms with Gasteiger partial charge in [-0.3, -0.25) is 0 Å². The minimum atomic E-state index is 0. The van der Waals surface area contributed by atoms with E-state index in [1.165, 1.54) is 5.15 Å². The zero-order valence-corrected chi connectivity index (χ0v) is 9.01. The smallest absolute Gasteiger partial charge is 0.0104 e. The second kappa shape index (κ2) is 24.2. The van der Waals surface area contributed by atoms with Crippen molar-refractivity contribution in [3.8, 4) is 0 Å². The first-order chi connectivity index (χ1) is 1.41. The monoisotopic (exact) mass is 359 g/mol. The molecule has 0 aromatic carbocycles. The molecule has 0 atom stereocenters. The van der Waals surface area contributed by atoms with Gasteiger partial charge in [-0.1, -0.05) is 0 Å². The van der Waals surface area contributed by atoms with Gasteiger partial charge in [0.05, 0.1) is 0 Å². The van der Waals surface area contributed by atoms with Crippen LogP contribution in [0.25, 0.3) is 0 Å². The molecule has 0 N–H and O–H groups in total. The molecule has 0 aliphatic heterocycles. The van der Waals surface area contributed by atoms with E-state index in [4.69, 9.17) is 9.05 Å². The van der Waals surface area contributed by atoms with Gasteiger partial charge < -0.3 is 0 Å². The van der Waals surface area contributed by atoms with Crippen LogP contribution in [0.1, 0.15) is 0 Å². The fraction of sp³-hybridized carbons (Fsp3) is 0. The first-order valence-corrected chi connectivity index (χ1v) is 0.309. The molecule has 0 fully saturated rings. The number of rotatable bonds is 0. The van der Waals surface area contributed by atoms with Gasteiger partial charge in [0, 0.05) is 82.5 Å². The summed E-state index contributed by atoms with van der Waals surface area (Å²) in [4.78, 5) is 0. The first kappa shape index (κ1) is 22.9. The standard InChI is InChI=1S/Ce.F2O.La.Mg.2H/c;1-3-2;;;;. The van der Waals surface area contributed by atoms with Crippen LogP contribution in [0.5, 0.6) is 0 Å². The molecule has 1 nitrogen and oxygen atoms in total. The number of halogens is 2. The third-order valence-electron chi connectivity index (χ3n) is 0. The van der Waals surface area contributed by atoms with Crippen LogP contribution >= 0.6 is 0 Å². The minimum Gasteiger partial charge on any atom is -0.0104 e. The second-order valence-corrected chi connectivity index (χ2v) is 0.0583. The quantitative estimate of drug-likeness (QED) is 0.547. The molecular weight excluding hydrogens is 357 g/mol. The Morgan fingerprint density at radius 1 is 1.17 bits per heavy atom. The normalized spacial score (nSPS) is 3.00. The van der Waals surface area contributed by atoms with E-state index in [1.807, 2.05) is 0 Å². The van der Waals surface area contributed by atoms with Crippen molar-refractivity contribution >= 4 is 23.1 Å². The first-order valence-electron chi connectivity index (χ1n) is 0.309. The van der Waals surface area contributed by atoms with Gasteiger partial charge in [0.15, 0.2) is 0 Å². The molecular formula is H2CeF2LaMgO. The summed E-state index contributed by atoms with van der Waals surface area (Å²) in [7, 11) is 0. The predicted molar refractivity (Wildman–Crippen MR) is 11.8 cm³/mol. The van der Waals surface area contributed by atoms with Crippen LogP contribution < -0.4 is 0 Å². The van der Waals surface area contributed by atoms with E-state index in [-0.39, 0.29) is 100 Å². The van der Waals surface area contributed by atoms with Crippen molar-refractivity contribution in [1.82, 2.24) is 0 Å². The molecule has 0 aliphatic carbocycles. The van der Waals surface area contributed by atoms with Crippen molar-refractivity contribution < 1.29 is 91.5 Å². The number of hydrogen-bond donors (Lipinski definition) is 0. The summed E-state index contributed by atoms with van der Waals surface area (Å²) in [5.41, 5.74) is 0. The maximum atomic E-state index is 9.12. The van der Waals surface area contributed by atoms with Crippen LogP contribution in [-0.2, 0) is 5.15 Å². The third kappa shape index (κ3) is 27.2. The van der Waals surface area contributed by atoms with Crippen molar-refractivity contribution in [2.75, 3.05) is 0 Å². The van der Waals surface area contributed by atoms with Crippen LogP contribution in [0.15, 0.2) is 0 Å². The van der Waals surface area contributed by atoms with E-state index in [0.717, 1.165) is 0 Å². The summed E-state index contributed by atoms with van der Waals surface area (Å²) >= 11 is 0. The van der Waals surface area contributed by atoms with Crippen LogP contribution in [0, 0.1) is 77.3 Å². The van der Waals surface area contributed by atoms with Gasteiger partial charge in [0.2, 0.25) is 0 Å². The summed E-state index contributed by atoms with van der Waals surface area (Å²) in [6.45, 7) is 0. The van der Waals surface area contributed by atoms with Gasteiger partial charge in [0.1, 0.15) is 0 Å². The maximum Gasteiger partial charge on any atom is 0.316 e. The van der Waals surface area contributed by atoms with Crippen molar-refractivity contribution in [1.29, 1.82) is 0 Å². The maximum absolute atomic E-state index is 9.12. The SMILES string of the molecule is FOF.[Ce].[La].[MgH2]. The van der Waals surface area contributed by atoms with E-state index in [2.05, 4.69) is 0 Å². The molecule has 0 unspecified atom stereocenters. The molecule has 0 bridgehead atoms. The second-order valence-electron chi connectivity index (χ2n) is 0.0583. The molecule has 6 heavy (non-hydrogen) atoms. The van der Waals surface area contributed by atoms with Gasteiger partial charge in [-0.2, -0.15) is 0 Å². The van der Waals surface area contributed by atoms with Crippen molar-refractivity contribution in [2.45, 2.75) is 0 Å². The van der Waals surface area contributed by atoms with E-state index in [9.17, 15) is 0 Å². The van der Waals surface area contributed by atoms with Gasteiger partial charge in [-0.15, -0.1) is 0 Å². The van der Waals surface area contributed by atoms with Crippen LogP contribution in [-0.4, -0.2) is 23.1 Å². The summed E-state index contributed by atoms with van der Waals surface area (Å²) in [6.07, 6.45) is 0. The molecule has 31 valence electrons. The molecule has 0 spiro atoms. The Morgan fingerprint density at radius 3 is 1.17 bits per heavy atom. The Kier molecular flexibility index (Phi) is 92.3. The Hall–Kier alpha value is 3.16. The molecule has 0 saturated heterocycles. The van der Waals surface area contributed by atoms with E-state index < -0.39 is 0 Å². The molecule has 0 aromatic heterocycles. The summed E-state index contributed by atoms with van der Waals surface area (Å²) in [5, 5.41) is 1.25. The third-order valence-corrected chi connectivity index (χ3v) is 0. The van der Waals surface area contributed by atoms with Gasteiger partial charge in [-0.05, 0) is 9.05 Å². The van der Waals surface area contributed by atoms with Crippen LogP contribution in [0.2, 0.25) is 0 Å². The van der Waals surface area contributed by atoms with E-state index >= 15 is 0 Å². The minimum absolute atomic E-state index is 0. The summed E-state index contributed by atoms with van der Waals surface area (Å²) in [5.74, 6) is 0. The topological polar surface area (TPSA) is 9.23 Å². The number of hydrogen-bond acceptors (Lipinski definition) is 1. The van der Waals surface area contributed by atoms with Crippen molar-refractivity contribution in [2.24, 2.45) is 0 Å². The molecule has 0 rings (SSSR count). The molecule has 0 aliphatic rings. The Bertz CT molecular complexity index is 13.5. The Labute approximate surface area is 112 Å². The zero-order chi connectivity index (χ0) is 2.71. The molecule has 0 amide bonds. The van der Waals surface area contributed by atoms with Crippen molar-refractivity contribution in [3.05, 3.63) is 0 Å². The average Bonchev–Trinajstić information content (AvgIpc) is 0.918. The Balaban J connectivity index is -0.00000000667. The predicted octanol–water partition coefficient (Wildman–Crippen LogP) is -0.144. The Morgan fingerprint density at radius 2 is 1.17 bits per heavy atom. The van der Waals surface area contributed by atoms with Gasteiger partial charge in [-0.25, -0.2) is 0 Å². The molecule has 0 saturated carbocycles. The molecule has 0 aromatic rings. The van der Waals surface area contributed by atoms with E-state index in [1.54, 1.807) is 0 Å². The van der Waals surface area contributed by atoms with Crippen molar-refractivity contribution in [3.63, 3.8) is 0 Å². The largest absolute Gasteiger partial charge is 0.316 e. The van der Waals surface area contributed by atoms with Gasteiger partial charge in [0.25, 0.3) is 0 Å². The summed E-state index contributed by atoms with van der Waals surface area (Å²) < 4.78 is 18.2. The molecule has 0 heterocycles. The average molecular weight is 359 g/mol. The van der Waals surface area contributed by atoms with Gasteiger partial charge >= 0.3 is 23.1 Å².